The van der Waals surface area contributed by atoms with Gasteiger partial charge in [-0.2, -0.15) is 0 Å². The van der Waals surface area contributed by atoms with Gasteiger partial charge in [0.1, 0.15) is 0 Å². The van der Waals surface area contributed by atoms with Crippen molar-refractivity contribution in [1.82, 2.24) is 0 Å². The predicted octanol–water partition coefficient (Wildman–Crippen LogP) is 1.63. The van der Waals surface area contributed by atoms with E-state index in [2.05, 4.69) is 13.8 Å². The van der Waals surface area contributed by atoms with Crippen LogP contribution in [0.3, 0.4) is 0 Å². The Morgan fingerprint density at radius 2 is 1.88 bits per heavy atom. The van der Waals surface area contributed by atoms with E-state index in [1.807, 2.05) is 0 Å². The summed E-state index contributed by atoms with van der Waals surface area (Å²) in [6.07, 6.45) is 0. The molecular weight excluding hydrogens is 145 g/mol. The standard InChI is InChI=1S/C5H12ClN.ClH/c1-4(2)5(7)3-6;/h4-5H,3,7H2,1-2H3;1H. The molecule has 0 radical (unpaired) electrons. The highest BCUT2D eigenvalue weighted by Crippen LogP contribution is 1.98. The second-order valence-electron chi connectivity index (χ2n) is 2.06. The third kappa shape index (κ3) is 4.69. The molecule has 2 N–H and O–H groups in total. The maximum atomic E-state index is 5.48. The first kappa shape index (κ1) is 11.4. The van der Waals surface area contributed by atoms with Gasteiger partial charge in [0.25, 0.3) is 0 Å². The lowest BCUT2D eigenvalue weighted by Crippen LogP contribution is -2.27. The molecule has 0 aliphatic carbocycles. The van der Waals surface area contributed by atoms with Gasteiger partial charge >= 0.3 is 0 Å². The number of alkyl halides is 1. The highest BCUT2D eigenvalue weighted by Gasteiger charge is 2.02. The Morgan fingerprint density at radius 1 is 1.50 bits per heavy atom. The summed E-state index contributed by atoms with van der Waals surface area (Å²) in [6, 6.07) is 0.168. The highest BCUT2D eigenvalue weighted by atomic mass is 35.5. The summed E-state index contributed by atoms with van der Waals surface area (Å²) < 4.78 is 0. The van der Waals surface area contributed by atoms with E-state index in [1.54, 1.807) is 0 Å². The summed E-state index contributed by atoms with van der Waals surface area (Å²) in [4.78, 5) is 0. The second kappa shape index (κ2) is 5.67. The van der Waals surface area contributed by atoms with Crippen molar-refractivity contribution in [2.75, 3.05) is 5.88 Å². The van der Waals surface area contributed by atoms with Gasteiger partial charge in [-0.3, -0.25) is 0 Å². The van der Waals surface area contributed by atoms with Crippen LogP contribution in [0, 0.1) is 5.92 Å². The van der Waals surface area contributed by atoms with Gasteiger partial charge in [0.05, 0.1) is 0 Å². The normalized spacial score (nSPS) is 13.1. The average molecular weight is 158 g/mol. The molecule has 0 saturated heterocycles. The van der Waals surface area contributed by atoms with Crippen molar-refractivity contribution in [2.45, 2.75) is 19.9 Å². The first-order valence-corrected chi connectivity index (χ1v) is 3.03. The zero-order chi connectivity index (χ0) is 5.86. The van der Waals surface area contributed by atoms with Crippen molar-refractivity contribution in [3.05, 3.63) is 0 Å². The summed E-state index contributed by atoms with van der Waals surface area (Å²) in [5.74, 6) is 1.08. The maximum Gasteiger partial charge on any atom is 0.0377 e. The summed E-state index contributed by atoms with van der Waals surface area (Å²) in [5, 5.41) is 0. The molecule has 1 unspecified atom stereocenters. The minimum atomic E-state index is 0. The molecule has 52 valence electrons. The molecule has 0 aromatic carbocycles. The van der Waals surface area contributed by atoms with Crippen LogP contribution in [0.1, 0.15) is 13.8 Å². The number of rotatable bonds is 2. The van der Waals surface area contributed by atoms with Crippen LogP contribution in [0.25, 0.3) is 0 Å². The Balaban J connectivity index is 0. The Morgan fingerprint density at radius 3 is 1.88 bits per heavy atom. The Kier molecular flexibility index (Phi) is 8.05. The van der Waals surface area contributed by atoms with Crippen molar-refractivity contribution in [1.29, 1.82) is 0 Å². The Hall–Kier alpha value is 0.540. The van der Waals surface area contributed by atoms with Crippen molar-refractivity contribution in [3.8, 4) is 0 Å². The third-order valence-corrected chi connectivity index (χ3v) is 1.39. The fourth-order valence-electron chi connectivity index (χ4n) is 0.178. The highest BCUT2D eigenvalue weighted by molar-refractivity contribution is 6.18. The largest absolute Gasteiger partial charge is 0.326 e. The van der Waals surface area contributed by atoms with E-state index in [4.69, 9.17) is 17.3 Å². The molecule has 1 atom stereocenters. The number of nitrogens with two attached hydrogens (primary N) is 1. The molecule has 0 fully saturated rings. The monoisotopic (exact) mass is 157 g/mol. The molecule has 1 nitrogen and oxygen atoms in total. The Bertz CT molecular complexity index is 47.7. The zero-order valence-electron chi connectivity index (χ0n) is 5.23. The smallest absolute Gasteiger partial charge is 0.0377 e. The first-order valence-electron chi connectivity index (χ1n) is 2.50. The summed E-state index contributed by atoms with van der Waals surface area (Å²) in [6.45, 7) is 4.13. The van der Waals surface area contributed by atoms with Crippen LogP contribution >= 0.6 is 24.0 Å². The lowest BCUT2D eigenvalue weighted by atomic mass is 10.1. The van der Waals surface area contributed by atoms with Crippen molar-refractivity contribution < 1.29 is 0 Å². The SMILES string of the molecule is CC(C)C(N)CCl.Cl. The zero-order valence-corrected chi connectivity index (χ0v) is 6.80. The van der Waals surface area contributed by atoms with Crippen molar-refractivity contribution in [2.24, 2.45) is 11.7 Å². The summed E-state index contributed by atoms with van der Waals surface area (Å²) in [7, 11) is 0. The molecular formula is C5H13Cl2N. The number of hydrogen-bond acceptors (Lipinski definition) is 1. The van der Waals surface area contributed by atoms with Gasteiger partial charge in [0, 0.05) is 11.9 Å². The predicted molar refractivity (Wildman–Crippen MR) is 40.8 cm³/mol. The number of halogens is 2. The molecule has 0 heterocycles. The van der Waals surface area contributed by atoms with Crippen LogP contribution in [-0.2, 0) is 0 Å². The molecule has 0 amide bonds. The minimum Gasteiger partial charge on any atom is -0.326 e. The molecule has 0 aromatic rings. The number of hydrogen-bond donors (Lipinski definition) is 1. The molecule has 0 aliphatic heterocycles. The van der Waals surface area contributed by atoms with Crippen LogP contribution in [0.2, 0.25) is 0 Å². The first-order chi connectivity index (χ1) is 3.18. The third-order valence-electron chi connectivity index (χ3n) is 1.03. The van der Waals surface area contributed by atoms with Gasteiger partial charge in [-0.05, 0) is 5.92 Å². The van der Waals surface area contributed by atoms with Crippen LogP contribution < -0.4 is 5.73 Å². The van der Waals surface area contributed by atoms with Crippen LogP contribution in [-0.4, -0.2) is 11.9 Å². The Labute approximate surface area is 62.0 Å². The van der Waals surface area contributed by atoms with Crippen molar-refractivity contribution >= 4 is 24.0 Å². The topological polar surface area (TPSA) is 26.0 Å². The fourth-order valence-corrected chi connectivity index (χ4v) is 0.535. The van der Waals surface area contributed by atoms with Gasteiger partial charge in [-0.25, -0.2) is 0 Å². The second-order valence-corrected chi connectivity index (χ2v) is 2.37. The van der Waals surface area contributed by atoms with E-state index >= 15 is 0 Å². The van der Waals surface area contributed by atoms with Crippen LogP contribution in [0.15, 0.2) is 0 Å². The molecule has 0 bridgehead atoms. The van der Waals surface area contributed by atoms with Gasteiger partial charge < -0.3 is 5.73 Å². The molecule has 0 spiro atoms. The average Bonchev–Trinajstić information content (AvgIpc) is 1.65. The van der Waals surface area contributed by atoms with E-state index < -0.39 is 0 Å². The molecule has 0 aromatic heterocycles. The van der Waals surface area contributed by atoms with Crippen LogP contribution in [0.4, 0.5) is 0 Å². The van der Waals surface area contributed by atoms with E-state index in [0.29, 0.717) is 11.8 Å². The summed E-state index contributed by atoms with van der Waals surface area (Å²) >= 11 is 5.42. The molecule has 8 heavy (non-hydrogen) atoms. The molecule has 0 rings (SSSR count). The van der Waals surface area contributed by atoms with Gasteiger partial charge in [0.2, 0.25) is 0 Å². The van der Waals surface area contributed by atoms with Gasteiger partial charge in [0.15, 0.2) is 0 Å². The van der Waals surface area contributed by atoms with Crippen LogP contribution in [0.5, 0.6) is 0 Å². The molecule has 3 heteroatoms. The maximum absolute atomic E-state index is 5.48. The fraction of sp³-hybridized carbons (Fsp3) is 1.00. The minimum absolute atomic E-state index is 0. The van der Waals surface area contributed by atoms with E-state index in [1.165, 1.54) is 0 Å². The van der Waals surface area contributed by atoms with E-state index in [-0.39, 0.29) is 18.4 Å². The summed E-state index contributed by atoms with van der Waals surface area (Å²) in [5.41, 5.74) is 5.48. The lowest BCUT2D eigenvalue weighted by Gasteiger charge is -2.09. The van der Waals surface area contributed by atoms with E-state index in [0.717, 1.165) is 0 Å². The van der Waals surface area contributed by atoms with Gasteiger partial charge in [-0.1, -0.05) is 13.8 Å². The van der Waals surface area contributed by atoms with E-state index in [9.17, 15) is 0 Å². The molecule has 0 saturated carbocycles. The molecule has 0 aliphatic rings. The quantitative estimate of drug-likeness (QED) is 0.607. The van der Waals surface area contributed by atoms with Crippen molar-refractivity contribution in [3.63, 3.8) is 0 Å². The van der Waals surface area contributed by atoms with Gasteiger partial charge in [-0.15, -0.1) is 24.0 Å². The lowest BCUT2D eigenvalue weighted by molar-refractivity contribution is 0.533.